The van der Waals surface area contributed by atoms with E-state index in [0.717, 1.165) is 6.42 Å². The molecule has 0 saturated carbocycles. The molecule has 15 heavy (non-hydrogen) atoms. The minimum Gasteiger partial charge on any atom is -0.365 e. The van der Waals surface area contributed by atoms with Crippen LogP contribution in [0.3, 0.4) is 0 Å². The number of hydrogen-bond donors (Lipinski definition) is 0. The van der Waals surface area contributed by atoms with Crippen LogP contribution in [0.25, 0.3) is 0 Å². The molecule has 0 N–H and O–H groups in total. The van der Waals surface area contributed by atoms with Crippen LogP contribution in [0.2, 0.25) is 19.6 Å². The minimum atomic E-state index is -1.18. The predicted octanol–water partition coefficient (Wildman–Crippen LogP) is 3.57. The molecule has 1 aromatic carbocycles. The molecule has 1 saturated heterocycles. The fourth-order valence-corrected chi connectivity index (χ4v) is 4.80. The van der Waals surface area contributed by atoms with Crippen molar-refractivity contribution in [3.05, 3.63) is 35.9 Å². The Morgan fingerprint density at radius 3 is 2.20 bits per heavy atom. The first-order chi connectivity index (χ1) is 7.00. The zero-order chi connectivity index (χ0) is 11.1. The van der Waals surface area contributed by atoms with Crippen molar-refractivity contribution in [2.24, 2.45) is 0 Å². The highest BCUT2D eigenvalue weighted by molar-refractivity contribution is 6.78. The van der Waals surface area contributed by atoms with Gasteiger partial charge in [-0.3, -0.25) is 0 Å². The van der Waals surface area contributed by atoms with Crippen molar-refractivity contribution in [3.8, 4) is 0 Å². The summed E-state index contributed by atoms with van der Waals surface area (Å²) in [6, 6.07) is 10.7. The summed E-state index contributed by atoms with van der Waals surface area (Å²) in [5.74, 6) is 0. The van der Waals surface area contributed by atoms with Gasteiger partial charge in [0.15, 0.2) is 0 Å². The van der Waals surface area contributed by atoms with Gasteiger partial charge in [-0.05, 0) is 12.0 Å². The minimum absolute atomic E-state index is 0.0474. The predicted molar refractivity (Wildman–Crippen MR) is 66.6 cm³/mol. The molecule has 0 unspecified atom stereocenters. The lowest BCUT2D eigenvalue weighted by atomic mass is 9.97. The molecule has 2 rings (SSSR count). The number of benzene rings is 1. The van der Waals surface area contributed by atoms with E-state index in [1.807, 2.05) is 0 Å². The number of epoxide rings is 1. The van der Waals surface area contributed by atoms with Gasteiger partial charge in [0, 0.05) is 0 Å². The Morgan fingerprint density at radius 1 is 1.20 bits per heavy atom. The maximum atomic E-state index is 6.07. The van der Waals surface area contributed by atoms with E-state index in [1.54, 1.807) is 0 Å². The highest BCUT2D eigenvalue weighted by atomic mass is 28.3. The van der Waals surface area contributed by atoms with Crippen LogP contribution in [0.4, 0.5) is 0 Å². The van der Waals surface area contributed by atoms with E-state index in [0.29, 0.717) is 5.73 Å². The first-order valence-electron chi connectivity index (χ1n) is 5.74. The van der Waals surface area contributed by atoms with E-state index >= 15 is 0 Å². The summed E-state index contributed by atoms with van der Waals surface area (Å²) < 4.78 is 6.07. The van der Waals surface area contributed by atoms with Gasteiger partial charge in [0.05, 0.1) is 13.8 Å². The Hall–Kier alpha value is -0.603. The fourth-order valence-electron chi connectivity index (χ4n) is 2.47. The van der Waals surface area contributed by atoms with Gasteiger partial charge in [0.2, 0.25) is 0 Å². The maximum absolute atomic E-state index is 6.07. The Morgan fingerprint density at radius 2 is 1.80 bits per heavy atom. The molecule has 0 amide bonds. The monoisotopic (exact) mass is 220 g/mol. The van der Waals surface area contributed by atoms with Gasteiger partial charge in [-0.1, -0.05) is 56.9 Å². The summed E-state index contributed by atoms with van der Waals surface area (Å²) in [4.78, 5) is 0. The van der Waals surface area contributed by atoms with Crippen LogP contribution in [0, 0.1) is 0 Å². The van der Waals surface area contributed by atoms with Crippen molar-refractivity contribution in [3.63, 3.8) is 0 Å². The van der Waals surface area contributed by atoms with Crippen molar-refractivity contribution < 1.29 is 4.74 Å². The third-order valence-electron chi connectivity index (χ3n) is 3.27. The average molecular weight is 220 g/mol. The van der Waals surface area contributed by atoms with Crippen LogP contribution >= 0.6 is 0 Å². The standard InChI is InChI=1S/C13H20OSi/c1-5-13(11-9-7-6-8-10-11)12(14-13)15(2,3)4/h6-10,12H,5H2,1-4H3/t12-,13-/m0/s1. The molecule has 1 fully saturated rings. The van der Waals surface area contributed by atoms with Crippen molar-refractivity contribution in [2.45, 2.75) is 44.3 Å². The third-order valence-corrected chi connectivity index (χ3v) is 5.43. The van der Waals surface area contributed by atoms with Crippen LogP contribution in [0.1, 0.15) is 18.9 Å². The van der Waals surface area contributed by atoms with E-state index in [2.05, 4.69) is 56.9 Å². The average Bonchev–Trinajstić information content (AvgIpc) is 2.94. The normalized spacial score (nSPS) is 30.3. The highest BCUT2D eigenvalue weighted by Crippen LogP contribution is 2.52. The lowest BCUT2D eigenvalue weighted by Gasteiger charge is -2.17. The van der Waals surface area contributed by atoms with Gasteiger partial charge in [-0.25, -0.2) is 0 Å². The SMILES string of the molecule is CC[C@@]1(c2ccccc2)O[C@H]1[Si](C)(C)C. The summed E-state index contributed by atoms with van der Waals surface area (Å²) in [5.41, 5.74) is 1.91. The van der Waals surface area contributed by atoms with Crippen LogP contribution < -0.4 is 0 Å². The summed E-state index contributed by atoms with van der Waals surface area (Å²) >= 11 is 0. The zero-order valence-corrected chi connectivity index (χ0v) is 11.1. The molecule has 2 atom stereocenters. The Bertz CT molecular complexity index is 341. The van der Waals surface area contributed by atoms with Gasteiger partial charge in [0.25, 0.3) is 0 Å². The molecular weight excluding hydrogens is 200 g/mol. The molecule has 82 valence electrons. The van der Waals surface area contributed by atoms with E-state index in [4.69, 9.17) is 4.74 Å². The second-order valence-electron chi connectivity index (χ2n) is 5.47. The van der Waals surface area contributed by atoms with Crippen LogP contribution in [0.5, 0.6) is 0 Å². The van der Waals surface area contributed by atoms with Gasteiger partial charge in [-0.2, -0.15) is 0 Å². The smallest absolute Gasteiger partial charge is 0.116 e. The Kier molecular flexibility index (Phi) is 2.51. The number of rotatable bonds is 3. The largest absolute Gasteiger partial charge is 0.365 e. The maximum Gasteiger partial charge on any atom is 0.116 e. The zero-order valence-electron chi connectivity index (χ0n) is 10.1. The topological polar surface area (TPSA) is 12.5 Å². The van der Waals surface area contributed by atoms with Gasteiger partial charge in [0.1, 0.15) is 5.60 Å². The highest BCUT2D eigenvalue weighted by Gasteiger charge is 2.61. The van der Waals surface area contributed by atoms with E-state index < -0.39 is 8.07 Å². The molecule has 1 nitrogen and oxygen atoms in total. The van der Waals surface area contributed by atoms with Crippen molar-refractivity contribution >= 4 is 8.07 Å². The fraction of sp³-hybridized carbons (Fsp3) is 0.538. The van der Waals surface area contributed by atoms with Crippen LogP contribution in [-0.4, -0.2) is 13.8 Å². The van der Waals surface area contributed by atoms with Crippen LogP contribution in [-0.2, 0) is 10.3 Å². The summed E-state index contributed by atoms with van der Waals surface area (Å²) in [7, 11) is -1.18. The summed E-state index contributed by atoms with van der Waals surface area (Å²) in [6.07, 6.45) is 1.09. The molecular formula is C13H20OSi. The third kappa shape index (κ3) is 1.77. The van der Waals surface area contributed by atoms with Crippen LogP contribution in [0.15, 0.2) is 30.3 Å². The molecule has 1 aliphatic rings. The second kappa shape index (κ2) is 3.46. The van der Waals surface area contributed by atoms with E-state index in [-0.39, 0.29) is 5.60 Å². The molecule has 2 heteroatoms. The van der Waals surface area contributed by atoms with Crippen molar-refractivity contribution in [1.82, 2.24) is 0 Å². The van der Waals surface area contributed by atoms with E-state index in [1.165, 1.54) is 5.56 Å². The first kappa shape index (κ1) is 10.9. The molecule has 1 heterocycles. The second-order valence-corrected chi connectivity index (χ2v) is 10.7. The van der Waals surface area contributed by atoms with Gasteiger partial charge >= 0.3 is 0 Å². The molecule has 1 aromatic rings. The quantitative estimate of drug-likeness (QED) is 0.560. The lowest BCUT2D eigenvalue weighted by molar-refractivity contribution is 0.297. The molecule has 0 radical (unpaired) electrons. The molecule has 0 aromatic heterocycles. The number of hydrogen-bond acceptors (Lipinski definition) is 1. The molecule has 1 aliphatic heterocycles. The van der Waals surface area contributed by atoms with Gasteiger partial charge < -0.3 is 4.74 Å². The Balaban J connectivity index is 2.29. The summed E-state index contributed by atoms with van der Waals surface area (Å²) in [6.45, 7) is 9.39. The molecule has 0 bridgehead atoms. The number of ether oxygens (including phenoxy) is 1. The van der Waals surface area contributed by atoms with Gasteiger partial charge in [-0.15, -0.1) is 0 Å². The van der Waals surface area contributed by atoms with Crippen molar-refractivity contribution in [1.29, 1.82) is 0 Å². The Labute approximate surface area is 93.5 Å². The van der Waals surface area contributed by atoms with E-state index in [9.17, 15) is 0 Å². The summed E-state index contributed by atoms with van der Waals surface area (Å²) in [5, 5.41) is 0. The molecule has 0 aliphatic carbocycles. The van der Waals surface area contributed by atoms with Crippen molar-refractivity contribution in [2.75, 3.05) is 0 Å². The molecule has 0 spiro atoms. The lowest BCUT2D eigenvalue weighted by Crippen LogP contribution is -2.33. The first-order valence-corrected chi connectivity index (χ1v) is 9.32.